The van der Waals surface area contributed by atoms with Gasteiger partial charge in [-0.3, -0.25) is 9.78 Å². The number of Topliss-reactive ketones (excluding diaryl/α,β-unsaturated/α-hetero) is 1. The number of hydrogen-bond donors (Lipinski definition) is 2. The predicted molar refractivity (Wildman–Crippen MR) is 112 cm³/mol. The molecule has 0 radical (unpaired) electrons. The topological polar surface area (TPSA) is 71.2 Å². The summed E-state index contributed by atoms with van der Waals surface area (Å²) in [4.78, 5) is 20.6. The van der Waals surface area contributed by atoms with Gasteiger partial charge in [-0.05, 0) is 46.8 Å². The molecule has 2 aromatic heterocycles. The predicted octanol–water partition coefficient (Wildman–Crippen LogP) is 3.23. The molecule has 138 valence electrons. The molecule has 6 heteroatoms. The Labute approximate surface area is 162 Å². The molecule has 0 bridgehead atoms. The zero-order chi connectivity index (χ0) is 18.6. The van der Waals surface area contributed by atoms with Gasteiger partial charge in [0.25, 0.3) is 0 Å². The van der Waals surface area contributed by atoms with Crippen LogP contribution >= 0.6 is 11.3 Å². The first-order valence-corrected chi connectivity index (χ1v) is 9.96. The number of carbonyl (C=O) groups excluding carboxylic acids is 1. The second-order valence-corrected chi connectivity index (χ2v) is 7.58. The molecule has 1 fully saturated rings. The third-order valence-corrected chi connectivity index (χ3v) is 5.73. The van der Waals surface area contributed by atoms with Crippen LogP contribution in [0.2, 0.25) is 0 Å². The van der Waals surface area contributed by atoms with E-state index in [9.17, 15) is 4.79 Å². The molecule has 1 saturated heterocycles. The quantitative estimate of drug-likeness (QED) is 0.527. The third kappa shape index (κ3) is 4.02. The van der Waals surface area contributed by atoms with Crippen LogP contribution in [-0.4, -0.2) is 36.9 Å². The summed E-state index contributed by atoms with van der Waals surface area (Å²) >= 11 is 1.67. The van der Waals surface area contributed by atoms with Crippen molar-refractivity contribution >= 4 is 28.5 Å². The monoisotopic (exact) mass is 378 g/mol. The minimum absolute atomic E-state index is 0.0168. The number of nitrogens with one attached hydrogen (secondary N) is 1. The number of thiophene rings is 1. The summed E-state index contributed by atoms with van der Waals surface area (Å²) in [6.45, 7) is 3.86. The number of nitrogens with zero attached hydrogens (tertiary/aromatic N) is 2. The number of hydrogen-bond acceptors (Lipinski definition) is 6. The lowest BCUT2D eigenvalue weighted by Crippen LogP contribution is -2.43. The second-order valence-electron chi connectivity index (χ2n) is 6.63. The molecule has 0 spiro atoms. The van der Waals surface area contributed by atoms with Gasteiger partial charge >= 0.3 is 0 Å². The number of pyridine rings is 1. The first-order valence-electron chi connectivity index (χ1n) is 9.08. The van der Waals surface area contributed by atoms with Gasteiger partial charge in [-0.25, -0.2) is 0 Å². The number of rotatable bonds is 5. The lowest BCUT2D eigenvalue weighted by Gasteiger charge is -2.29. The van der Waals surface area contributed by atoms with E-state index in [1.54, 1.807) is 17.5 Å². The average Bonchev–Trinajstić information content (AvgIpc) is 3.25. The molecular weight excluding hydrogens is 356 g/mol. The molecule has 3 N–H and O–H groups in total. The molecule has 3 aromatic rings. The smallest absolute Gasteiger partial charge is 0.185 e. The number of nitrogens with two attached hydrogens (primary N) is 1. The average molecular weight is 379 g/mol. The third-order valence-electron chi connectivity index (χ3n) is 4.82. The SMILES string of the molecule is Nc1ccc(-c2cccs2)cc1CC(=O)c1ccc(N2CCNCC2)cn1. The molecule has 0 aliphatic carbocycles. The van der Waals surface area contributed by atoms with E-state index >= 15 is 0 Å². The summed E-state index contributed by atoms with van der Waals surface area (Å²) in [6, 6.07) is 13.8. The van der Waals surface area contributed by atoms with Crippen LogP contribution in [0.15, 0.2) is 54.0 Å². The molecule has 3 heterocycles. The molecule has 4 rings (SSSR count). The zero-order valence-electron chi connectivity index (χ0n) is 15.0. The van der Waals surface area contributed by atoms with E-state index in [0.29, 0.717) is 11.4 Å². The molecule has 1 aromatic carbocycles. The van der Waals surface area contributed by atoms with Crippen molar-refractivity contribution in [2.45, 2.75) is 6.42 Å². The molecule has 0 atom stereocenters. The fourth-order valence-electron chi connectivity index (χ4n) is 3.28. The molecule has 0 amide bonds. The first kappa shape index (κ1) is 17.7. The van der Waals surface area contributed by atoms with Gasteiger partial charge in [0.1, 0.15) is 5.69 Å². The lowest BCUT2D eigenvalue weighted by atomic mass is 10.0. The van der Waals surface area contributed by atoms with Gasteiger partial charge in [0.05, 0.1) is 11.9 Å². The Hall–Kier alpha value is -2.70. The van der Waals surface area contributed by atoms with Crippen LogP contribution in [0.3, 0.4) is 0 Å². The van der Waals surface area contributed by atoms with Crippen molar-refractivity contribution in [3.8, 4) is 10.4 Å². The van der Waals surface area contributed by atoms with E-state index in [-0.39, 0.29) is 12.2 Å². The Balaban J connectivity index is 1.49. The minimum atomic E-state index is -0.0168. The van der Waals surface area contributed by atoms with Crippen LogP contribution in [0, 0.1) is 0 Å². The van der Waals surface area contributed by atoms with Crippen molar-refractivity contribution in [1.29, 1.82) is 0 Å². The van der Waals surface area contributed by atoms with Crippen molar-refractivity contribution < 1.29 is 4.79 Å². The van der Waals surface area contributed by atoms with Crippen LogP contribution in [0.4, 0.5) is 11.4 Å². The maximum Gasteiger partial charge on any atom is 0.185 e. The molecule has 27 heavy (non-hydrogen) atoms. The number of aromatic nitrogens is 1. The fraction of sp³-hybridized carbons (Fsp3) is 0.238. The van der Waals surface area contributed by atoms with Gasteiger partial charge in [-0.2, -0.15) is 0 Å². The van der Waals surface area contributed by atoms with Crippen molar-refractivity contribution in [3.63, 3.8) is 0 Å². The molecule has 0 unspecified atom stereocenters. The van der Waals surface area contributed by atoms with Crippen LogP contribution in [0.1, 0.15) is 16.1 Å². The molecule has 1 aliphatic rings. The Kier molecular flexibility index (Phi) is 5.18. The van der Waals surface area contributed by atoms with Gasteiger partial charge < -0.3 is 16.0 Å². The van der Waals surface area contributed by atoms with Gasteiger partial charge in [-0.15, -0.1) is 11.3 Å². The molecule has 5 nitrogen and oxygen atoms in total. The summed E-state index contributed by atoms with van der Waals surface area (Å²) in [5.41, 5.74) is 10.2. The van der Waals surface area contributed by atoms with Crippen LogP contribution in [0.5, 0.6) is 0 Å². The Morgan fingerprint density at radius 1 is 1.19 bits per heavy atom. The van der Waals surface area contributed by atoms with Crippen LogP contribution in [0.25, 0.3) is 10.4 Å². The van der Waals surface area contributed by atoms with Gasteiger partial charge in [0.2, 0.25) is 0 Å². The highest BCUT2D eigenvalue weighted by molar-refractivity contribution is 7.13. The van der Waals surface area contributed by atoms with E-state index in [0.717, 1.165) is 43.0 Å². The minimum Gasteiger partial charge on any atom is -0.398 e. The van der Waals surface area contributed by atoms with E-state index in [1.807, 2.05) is 41.8 Å². The van der Waals surface area contributed by atoms with Gasteiger partial charge in [0.15, 0.2) is 5.78 Å². The standard InChI is InChI=1S/C21H22N4OS/c22-18-5-3-15(21-2-1-11-27-21)12-16(18)13-20(26)19-6-4-17(14-24-19)25-9-7-23-8-10-25/h1-6,11-12,14,23H,7-10,13,22H2. The Morgan fingerprint density at radius 2 is 2.04 bits per heavy atom. The Bertz CT molecular complexity index is 916. The van der Waals surface area contributed by atoms with Crippen molar-refractivity contribution in [2.75, 3.05) is 36.8 Å². The summed E-state index contributed by atoms with van der Waals surface area (Å²) in [6.07, 6.45) is 2.05. The number of carbonyl (C=O) groups is 1. The number of anilines is 2. The molecule has 0 saturated carbocycles. The largest absolute Gasteiger partial charge is 0.398 e. The number of benzene rings is 1. The van der Waals surface area contributed by atoms with Crippen molar-refractivity contribution in [2.24, 2.45) is 0 Å². The number of ketones is 1. The maximum absolute atomic E-state index is 12.7. The normalized spacial score (nSPS) is 14.3. The maximum atomic E-state index is 12.7. The van der Waals surface area contributed by atoms with E-state index in [1.165, 1.54) is 4.88 Å². The Morgan fingerprint density at radius 3 is 2.74 bits per heavy atom. The van der Waals surface area contributed by atoms with Gasteiger partial charge in [0, 0.05) is 43.2 Å². The highest BCUT2D eigenvalue weighted by Gasteiger charge is 2.14. The first-order chi connectivity index (χ1) is 13.2. The van der Waals surface area contributed by atoms with Crippen molar-refractivity contribution in [1.82, 2.24) is 10.3 Å². The molecule has 1 aliphatic heterocycles. The van der Waals surface area contributed by atoms with Crippen LogP contribution in [-0.2, 0) is 6.42 Å². The summed E-state index contributed by atoms with van der Waals surface area (Å²) < 4.78 is 0. The van der Waals surface area contributed by atoms with Gasteiger partial charge in [-0.1, -0.05) is 12.1 Å². The summed E-state index contributed by atoms with van der Waals surface area (Å²) in [5.74, 6) is -0.0168. The molecular formula is C21H22N4OS. The fourth-order valence-corrected chi connectivity index (χ4v) is 4.00. The van der Waals surface area contributed by atoms with Crippen molar-refractivity contribution in [3.05, 3.63) is 65.3 Å². The van der Waals surface area contributed by atoms with Crippen LogP contribution < -0.4 is 16.0 Å². The van der Waals surface area contributed by atoms with E-state index in [4.69, 9.17) is 5.73 Å². The highest BCUT2D eigenvalue weighted by atomic mass is 32.1. The summed E-state index contributed by atoms with van der Waals surface area (Å²) in [5, 5.41) is 5.38. The lowest BCUT2D eigenvalue weighted by molar-refractivity contribution is 0.0988. The number of piperazine rings is 1. The van der Waals surface area contributed by atoms with E-state index in [2.05, 4.69) is 21.3 Å². The summed E-state index contributed by atoms with van der Waals surface area (Å²) in [7, 11) is 0. The highest BCUT2D eigenvalue weighted by Crippen LogP contribution is 2.28. The number of nitrogen functional groups attached to an aromatic ring is 1. The zero-order valence-corrected chi connectivity index (χ0v) is 15.8. The second kappa shape index (κ2) is 7.90. The van der Waals surface area contributed by atoms with E-state index < -0.39 is 0 Å².